The molecule has 0 atom stereocenters. The zero-order chi connectivity index (χ0) is 14.1. The molecule has 1 fully saturated rings. The van der Waals surface area contributed by atoms with Crippen LogP contribution < -0.4 is 0 Å². The summed E-state index contributed by atoms with van der Waals surface area (Å²) >= 11 is 0. The summed E-state index contributed by atoms with van der Waals surface area (Å²) in [7, 11) is 0. The molecule has 1 aliphatic heterocycles. The van der Waals surface area contributed by atoms with Gasteiger partial charge in [0, 0.05) is 31.0 Å². The Morgan fingerprint density at radius 1 is 1.35 bits per heavy atom. The highest BCUT2D eigenvalue weighted by Gasteiger charge is 2.32. The number of aryl methyl sites for hydroxylation is 1. The van der Waals surface area contributed by atoms with Gasteiger partial charge in [-0.05, 0) is 31.2 Å². The van der Waals surface area contributed by atoms with E-state index in [-0.39, 0.29) is 5.91 Å². The molecule has 2 heterocycles. The molecule has 0 N–H and O–H groups in total. The number of hydrogen-bond donors (Lipinski definition) is 0. The lowest BCUT2D eigenvalue weighted by Crippen LogP contribution is -2.50. The van der Waals surface area contributed by atoms with Crippen LogP contribution in [-0.2, 0) is 0 Å². The van der Waals surface area contributed by atoms with Gasteiger partial charge in [0.2, 0.25) is 0 Å². The van der Waals surface area contributed by atoms with Crippen LogP contribution in [0.3, 0.4) is 0 Å². The van der Waals surface area contributed by atoms with Crippen molar-refractivity contribution < 1.29 is 4.79 Å². The van der Waals surface area contributed by atoms with Gasteiger partial charge in [0.1, 0.15) is 5.82 Å². The first-order valence-electron chi connectivity index (χ1n) is 6.48. The molecule has 1 aromatic heterocycles. The maximum absolute atomic E-state index is 12.2. The van der Waals surface area contributed by atoms with E-state index >= 15 is 0 Å². The molecule has 1 saturated heterocycles. The fraction of sp³-hybridized carbons (Fsp3) is 0.267. The van der Waals surface area contributed by atoms with Crippen LogP contribution in [0.2, 0.25) is 0 Å². The van der Waals surface area contributed by atoms with Gasteiger partial charge in [-0.1, -0.05) is 0 Å². The summed E-state index contributed by atoms with van der Waals surface area (Å²) in [5, 5.41) is 8.75. The molecule has 2 aromatic rings. The number of likely N-dealkylation sites (tertiary alicyclic amines) is 1. The molecule has 0 bridgehead atoms. The van der Waals surface area contributed by atoms with Crippen molar-refractivity contribution in [3.05, 3.63) is 53.6 Å². The third-order valence-electron chi connectivity index (χ3n) is 3.67. The van der Waals surface area contributed by atoms with Crippen LogP contribution in [-0.4, -0.2) is 33.4 Å². The molecule has 3 rings (SSSR count). The first-order valence-corrected chi connectivity index (χ1v) is 6.48. The number of nitriles is 1. The van der Waals surface area contributed by atoms with Crippen LogP contribution in [0.4, 0.5) is 0 Å². The molecule has 5 nitrogen and oxygen atoms in total. The van der Waals surface area contributed by atoms with Crippen molar-refractivity contribution in [3.8, 4) is 6.07 Å². The van der Waals surface area contributed by atoms with Crippen molar-refractivity contribution in [2.75, 3.05) is 13.1 Å². The van der Waals surface area contributed by atoms with E-state index in [1.165, 1.54) is 0 Å². The van der Waals surface area contributed by atoms with E-state index in [0.29, 0.717) is 30.3 Å². The van der Waals surface area contributed by atoms with Crippen LogP contribution in [0.5, 0.6) is 0 Å². The molecular formula is C15H14N4O. The normalized spacial score (nSPS) is 14.7. The second-order valence-corrected chi connectivity index (χ2v) is 4.93. The minimum Gasteiger partial charge on any atom is -0.334 e. The van der Waals surface area contributed by atoms with Crippen molar-refractivity contribution >= 4 is 5.91 Å². The SMILES string of the molecule is Cc1nccn1C1CN(C(=O)c2ccc(C#N)cc2)C1. The highest BCUT2D eigenvalue weighted by atomic mass is 16.2. The second kappa shape index (κ2) is 4.82. The molecule has 1 aromatic carbocycles. The van der Waals surface area contributed by atoms with Gasteiger partial charge < -0.3 is 9.47 Å². The largest absolute Gasteiger partial charge is 0.334 e. The first-order chi connectivity index (χ1) is 9.69. The monoisotopic (exact) mass is 266 g/mol. The summed E-state index contributed by atoms with van der Waals surface area (Å²) in [6.45, 7) is 3.37. The smallest absolute Gasteiger partial charge is 0.253 e. The second-order valence-electron chi connectivity index (χ2n) is 4.93. The molecule has 0 unspecified atom stereocenters. The Kier molecular flexibility index (Phi) is 2.99. The summed E-state index contributed by atoms with van der Waals surface area (Å²) in [5.74, 6) is 0.990. The van der Waals surface area contributed by atoms with Crippen LogP contribution in [0.15, 0.2) is 36.7 Å². The van der Waals surface area contributed by atoms with Crippen molar-refractivity contribution in [2.24, 2.45) is 0 Å². The Morgan fingerprint density at radius 2 is 2.05 bits per heavy atom. The Morgan fingerprint density at radius 3 is 2.60 bits per heavy atom. The molecule has 0 spiro atoms. The maximum atomic E-state index is 12.2. The maximum Gasteiger partial charge on any atom is 0.253 e. The van der Waals surface area contributed by atoms with Crippen molar-refractivity contribution in [2.45, 2.75) is 13.0 Å². The summed E-state index contributed by atoms with van der Waals surface area (Å²) in [4.78, 5) is 18.3. The van der Waals surface area contributed by atoms with Gasteiger partial charge in [0.15, 0.2) is 0 Å². The van der Waals surface area contributed by atoms with Crippen molar-refractivity contribution in [1.29, 1.82) is 5.26 Å². The number of hydrogen-bond acceptors (Lipinski definition) is 3. The summed E-state index contributed by atoms with van der Waals surface area (Å²) in [6, 6.07) is 9.12. The lowest BCUT2D eigenvalue weighted by atomic mass is 10.1. The minimum atomic E-state index is 0.0171. The third-order valence-corrected chi connectivity index (χ3v) is 3.67. The van der Waals surface area contributed by atoms with Crippen molar-refractivity contribution in [3.63, 3.8) is 0 Å². The molecule has 0 radical (unpaired) electrons. The summed E-state index contributed by atoms with van der Waals surface area (Å²) in [6.07, 6.45) is 3.73. The fourth-order valence-electron chi connectivity index (χ4n) is 2.44. The van der Waals surface area contributed by atoms with Crippen LogP contribution in [0, 0.1) is 18.3 Å². The number of rotatable bonds is 2. The van der Waals surface area contributed by atoms with E-state index in [0.717, 1.165) is 5.82 Å². The lowest BCUT2D eigenvalue weighted by Gasteiger charge is -2.40. The van der Waals surface area contributed by atoms with E-state index in [9.17, 15) is 4.79 Å². The molecule has 1 amide bonds. The molecule has 0 aliphatic carbocycles. The third kappa shape index (κ3) is 2.05. The quantitative estimate of drug-likeness (QED) is 0.832. The Bertz CT molecular complexity index is 675. The van der Waals surface area contributed by atoms with Gasteiger partial charge in [0.05, 0.1) is 17.7 Å². The topological polar surface area (TPSA) is 61.9 Å². The van der Waals surface area contributed by atoms with Crippen LogP contribution in [0.1, 0.15) is 27.8 Å². The van der Waals surface area contributed by atoms with Gasteiger partial charge in [-0.2, -0.15) is 5.26 Å². The molecule has 0 saturated carbocycles. The van der Waals surface area contributed by atoms with Gasteiger partial charge in [0.25, 0.3) is 5.91 Å². The van der Waals surface area contributed by atoms with Crippen LogP contribution in [0.25, 0.3) is 0 Å². The zero-order valence-electron chi connectivity index (χ0n) is 11.2. The van der Waals surface area contributed by atoms with E-state index in [2.05, 4.69) is 9.55 Å². The van der Waals surface area contributed by atoms with Gasteiger partial charge in [-0.25, -0.2) is 4.98 Å². The number of imidazole rings is 1. The average molecular weight is 266 g/mol. The fourth-order valence-corrected chi connectivity index (χ4v) is 2.44. The molecule has 100 valence electrons. The molecule has 1 aliphatic rings. The zero-order valence-corrected chi connectivity index (χ0v) is 11.2. The van der Waals surface area contributed by atoms with Crippen molar-refractivity contribution in [1.82, 2.24) is 14.5 Å². The number of carbonyl (C=O) groups is 1. The highest BCUT2D eigenvalue weighted by Crippen LogP contribution is 2.24. The molecule has 5 heteroatoms. The standard InChI is InChI=1S/C15H14N4O/c1-11-17-6-7-19(11)14-9-18(10-14)15(20)13-4-2-12(8-16)3-5-13/h2-7,14H,9-10H2,1H3. The number of nitrogens with zero attached hydrogens (tertiary/aromatic N) is 4. The predicted molar refractivity (Wildman–Crippen MR) is 73.1 cm³/mol. The van der Waals surface area contributed by atoms with Gasteiger partial charge in [-0.15, -0.1) is 0 Å². The number of benzene rings is 1. The van der Waals surface area contributed by atoms with E-state index in [1.54, 1.807) is 30.5 Å². The van der Waals surface area contributed by atoms with E-state index in [4.69, 9.17) is 5.26 Å². The van der Waals surface area contributed by atoms with Gasteiger partial charge in [-0.3, -0.25) is 4.79 Å². The van der Waals surface area contributed by atoms with Gasteiger partial charge >= 0.3 is 0 Å². The summed E-state index contributed by atoms with van der Waals surface area (Å²) in [5.41, 5.74) is 1.20. The number of aromatic nitrogens is 2. The average Bonchev–Trinajstić information content (AvgIpc) is 2.83. The highest BCUT2D eigenvalue weighted by molar-refractivity contribution is 5.94. The molecular weight excluding hydrogens is 252 g/mol. The Labute approximate surface area is 117 Å². The van der Waals surface area contributed by atoms with E-state index < -0.39 is 0 Å². The Balaban J connectivity index is 1.66. The number of amides is 1. The predicted octanol–water partition coefficient (Wildman–Crippen LogP) is 1.76. The number of carbonyl (C=O) groups excluding carboxylic acids is 1. The first kappa shape index (κ1) is 12.4. The Hall–Kier alpha value is -2.61. The molecule has 20 heavy (non-hydrogen) atoms. The minimum absolute atomic E-state index is 0.0171. The van der Waals surface area contributed by atoms with Crippen LogP contribution >= 0.6 is 0 Å². The lowest BCUT2D eigenvalue weighted by molar-refractivity contribution is 0.0517. The summed E-state index contributed by atoms with van der Waals surface area (Å²) < 4.78 is 2.10. The van der Waals surface area contributed by atoms with E-state index in [1.807, 2.05) is 24.1 Å².